The van der Waals surface area contributed by atoms with E-state index in [0.717, 1.165) is 16.7 Å². The first-order valence-electron chi connectivity index (χ1n) is 6.20. The van der Waals surface area contributed by atoms with Gasteiger partial charge in [-0.15, -0.1) is 0 Å². The van der Waals surface area contributed by atoms with E-state index in [2.05, 4.69) is 0 Å². The van der Waals surface area contributed by atoms with E-state index >= 15 is 0 Å². The molecule has 0 N–H and O–H groups in total. The molecule has 1 unspecified atom stereocenters. The summed E-state index contributed by atoms with van der Waals surface area (Å²) in [4.78, 5) is 0.384. The van der Waals surface area contributed by atoms with Crippen molar-refractivity contribution in [3.05, 3.63) is 54.1 Å². The minimum absolute atomic E-state index is 0.173. The number of hydrogen-bond donors (Lipinski definition) is 0. The molecule has 0 aromatic heterocycles. The zero-order valence-electron chi connectivity index (χ0n) is 10.9. The predicted octanol–water partition coefficient (Wildman–Crippen LogP) is 3.05. The highest BCUT2D eigenvalue weighted by molar-refractivity contribution is 7.89. The van der Waals surface area contributed by atoms with Gasteiger partial charge in [-0.25, -0.2) is 8.42 Å². The van der Waals surface area contributed by atoms with Crippen LogP contribution in [0.3, 0.4) is 0 Å². The van der Waals surface area contributed by atoms with Gasteiger partial charge in [-0.1, -0.05) is 42.5 Å². The van der Waals surface area contributed by atoms with Crippen molar-refractivity contribution in [1.82, 2.24) is 4.31 Å². The summed E-state index contributed by atoms with van der Waals surface area (Å²) < 4.78 is 26.7. The largest absolute Gasteiger partial charge is 0.243 e. The number of rotatable bonds is 0. The maximum Gasteiger partial charge on any atom is 0.243 e. The van der Waals surface area contributed by atoms with Crippen molar-refractivity contribution in [2.24, 2.45) is 0 Å². The number of hydrogen-bond acceptors (Lipinski definition) is 2. The molecule has 0 saturated heterocycles. The summed E-state index contributed by atoms with van der Waals surface area (Å²) in [5.74, 6) is 0. The molecular weight excluding hydrogens is 258 g/mol. The molecule has 98 valence electrons. The Morgan fingerprint density at radius 3 is 2.26 bits per heavy atom. The summed E-state index contributed by atoms with van der Waals surface area (Å²) in [5, 5.41) is 0. The lowest BCUT2D eigenvalue weighted by Crippen LogP contribution is -2.28. The van der Waals surface area contributed by atoms with E-state index in [1.54, 1.807) is 19.2 Å². The fourth-order valence-corrected chi connectivity index (χ4v) is 4.13. The first kappa shape index (κ1) is 12.4. The topological polar surface area (TPSA) is 37.4 Å². The van der Waals surface area contributed by atoms with Crippen molar-refractivity contribution in [3.8, 4) is 11.1 Å². The highest BCUT2D eigenvalue weighted by atomic mass is 32.2. The lowest BCUT2D eigenvalue weighted by atomic mass is 9.96. The van der Waals surface area contributed by atoms with Crippen LogP contribution in [0.25, 0.3) is 11.1 Å². The molecule has 1 atom stereocenters. The summed E-state index contributed by atoms with van der Waals surface area (Å²) in [7, 11) is -1.80. The minimum Gasteiger partial charge on any atom is -0.207 e. The van der Waals surface area contributed by atoms with E-state index < -0.39 is 10.0 Å². The Morgan fingerprint density at radius 1 is 0.947 bits per heavy atom. The molecule has 1 aliphatic rings. The third-order valence-electron chi connectivity index (χ3n) is 3.79. The highest BCUT2D eigenvalue weighted by Crippen LogP contribution is 2.40. The Balaban J connectivity index is 2.45. The summed E-state index contributed by atoms with van der Waals surface area (Å²) in [6, 6.07) is 14.9. The summed E-state index contributed by atoms with van der Waals surface area (Å²) in [6.45, 7) is 1.92. The second-order valence-corrected chi connectivity index (χ2v) is 6.75. The van der Waals surface area contributed by atoms with Gasteiger partial charge < -0.3 is 0 Å². The monoisotopic (exact) mass is 273 g/mol. The molecule has 0 radical (unpaired) electrons. The average Bonchev–Trinajstić information content (AvgIpc) is 2.50. The van der Waals surface area contributed by atoms with Crippen molar-refractivity contribution < 1.29 is 8.42 Å². The third-order valence-corrected chi connectivity index (χ3v) is 5.78. The van der Waals surface area contributed by atoms with Crippen molar-refractivity contribution >= 4 is 10.0 Å². The summed E-state index contributed by atoms with van der Waals surface area (Å²) in [6.07, 6.45) is 0. The molecule has 1 aliphatic heterocycles. The first-order chi connectivity index (χ1) is 9.03. The maximum absolute atomic E-state index is 12.6. The number of fused-ring (bicyclic) bond motifs is 3. The smallest absolute Gasteiger partial charge is 0.207 e. The zero-order valence-corrected chi connectivity index (χ0v) is 11.7. The summed E-state index contributed by atoms with van der Waals surface area (Å²) >= 11 is 0. The number of benzene rings is 2. The van der Waals surface area contributed by atoms with Crippen LogP contribution in [0.5, 0.6) is 0 Å². The number of nitrogens with zero attached hydrogens (tertiary/aromatic N) is 1. The fraction of sp³-hybridized carbons (Fsp3) is 0.200. The van der Waals surface area contributed by atoms with Crippen LogP contribution in [0.15, 0.2) is 53.4 Å². The fourth-order valence-electron chi connectivity index (χ4n) is 2.58. The molecule has 3 rings (SSSR count). The Kier molecular flexibility index (Phi) is 2.73. The van der Waals surface area contributed by atoms with Gasteiger partial charge in [0.2, 0.25) is 10.0 Å². The van der Waals surface area contributed by atoms with Crippen molar-refractivity contribution in [2.75, 3.05) is 7.05 Å². The molecular formula is C15H15NO2S. The molecule has 19 heavy (non-hydrogen) atoms. The SMILES string of the molecule is CC1c2ccccc2-c2ccccc2S(=O)(=O)N1C. The molecule has 0 amide bonds. The van der Waals surface area contributed by atoms with Crippen LogP contribution in [0.4, 0.5) is 0 Å². The van der Waals surface area contributed by atoms with Crippen LogP contribution >= 0.6 is 0 Å². The summed E-state index contributed by atoms with van der Waals surface area (Å²) in [5.41, 5.74) is 2.83. The van der Waals surface area contributed by atoms with E-state index in [-0.39, 0.29) is 6.04 Å². The molecule has 3 nitrogen and oxygen atoms in total. The molecule has 4 heteroatoms. The van der Waals surface area contributed by atoms with Gasteiger partial charge in [0.15, 0.2) is 0 Å². The van der Waals surface area contributed by atoms with E-state index in [9.17, 15) is 8.42 Å². The van der Waals surface area contributed by atoms with Crippen LogP contribution < -0.4 is 0 Å². The van der Waals surface area contributed by atoms with Gasteiger partial charge in [0.25, 0.3) is 0 Å². The predicted molar refractivity (Wildman–Crippen MR) is 75.2 cm³/mol. The molecule has 1 heterocycles. The van der Waals surface area contributed by atoms with Crippen molar-refractivity contribution in [1.29, 1.82) is 0 Å². The van der Waals surface area contributed by atoms with Crippen molar-refractivity contribution in [2.45, 2.75) is 17.9 Å². The van der Waals surface area contributed by atoms with Crippen molar-refractivity contribution in [3.63, 3.8) is 0 Å². The Bertz CT molecular complexity index is 737. The van der Waals surface area contributed by atoms with E-state index in [1.807, 2.05) is 43.3 Å². The second-order valence-electron chi connectivity index (χ2n) is 4.78. The molecule has 0 aliphatic carbocycles. The van der Waals surface area contributed by atoms with Crippen LogP contribution in [0.1, 0.15) is 18.5 Å². The molecule has 0 bridgehead atoms. The van der Waals surface area contributed by atoms with Crippen LogP contribution in [-0.4, -0.2) is 19.8 Å². The van der Waals surface area contributed by atoms with Gasteiger partial charge >= 0.3 is 0 Å². The maximum atomic E-state index is 12.6. The van der Waals surface area contributed by atoms with Crippen LogP contribution in [-0.2, 0) is 10.0 Å². The third kappa shape index (κ3) is 1.71. The quantitative estimate of drug-likeness (QED) is 0.740. The normalized spacial score (nSPS) is 21.3. The second kappa shape index (κ2) is 4.18. The number of sulfonamides is 1. The van der Waals surface area contributed by atoms with Gasteiger partial charge in [-0.05, 0) is 24.1 Å². The average molecular weight is 273 g/mol. The van der Waals surface area contributed by atoms with Gasteiger partial charge in [0, 0.05) is 18.7 Å². The molecule has 0 saturated carbocycles. The molecule has 2 aromatic carbocycles. The first-order valence-corrected chi connectivity index (χ1v) is 7.64. The molecule has 2 aromatic rings. The highest BCUT2D eigenvalue weighted by Gasteiger charge is 2.33. The lowest BCUT2D eigenvalue weighted by Gasteiger charge is -2.22. The lowest BCUT2D eigenvalue weighted by molar-refractivity contribution is 0.401. The van der Waals surface area contributed by atoms with Gasteiger partial charge in [-0.3, -0.25) is 0 Å². The Labute approximate surface area is 113 Å². The standard InChI is InChI=1S/C15H15NO2S/c1-11-12-7-3-4-8-13(12)14-9-5-6-10-15(14)19(17,18)16(11)2/h3-11H,1-2H3. The van der Waals surface area contributed by atoms with Gasteiger partial charge in [0.05, 0.1) is 4.90 Å². The zero-order chi connectivity index (χ0) is 13.6. The van der Waals surface area contributed by atoms with Gasteiger partial charge in [0.1, 0.15) is 0 Å². The Hall–Kier alpha value is -1.65. The van der Waals surface area contributed by atoms with E-state index in [4.69, 9.17) is 0 Å². The van der Waals surface area contributed by atoms with E-state index in [0.29, 0.717) is 4.90 Å². The molecule has 0 fully saturated rings. The van der Waals surface area contributed by atoms with Crippen LogP contribution in [0, 0.1) is 0 Å². The van der Waals surface area contributed by atoms with E-state index in [1.165, 1.54) is 4.31 Å². The minimum atomic E-state index is -3.44. The Morgan fingerprint density at radius 2 is 1.53 bits per heavy atom. The van der Waals surface area contributed by atoms with Gasteiger partial charge in [-0.2, -0.15) is 4.31 Å². The molecule has 0 spiro atoms. The van der Waals surface area contributed by atoms with Crippen LogP contribution in [0.2, 0.25) is 0 Å².